The fourth-order valence-corrected chi connectivity index (χ4v) is 5.52. The molecule has 174 valence electrons. The molecule has 5 heteroatoms. The van der Waals surface area contributed by atoms with E-state index in [9.17, 15) is 4.79 Å². The van der Waals surface area contributed by atoms with E-state index in [2.05, 4.69) is 82.3 Å². The van der Waals surface area contributed by atoms with E-state index in [-0.39, 0.29) is 5.56 Å². The summed E-state index contributed by atoms with van der Waals surface area (Å²) in [4.78, 5) is 16.7. The van der Waals surface area contributed by atoms with Gasteiger partial charge in [-0.1, -0.05) is 60.7 Å². The van der Waals surface area contributed by atoms with Crippen LogP contribution in [0.2, 0.25) is 0 Å². The molecule has 0 aliphatic rings. The summed E-state index contributed by atoms with van der Waals surface area (Å²) in [5.74, 6) is 0.303. The first-order chi connectivity index (χ1) is 18.3. The topological polar surface area (TPSA) is 52.4 Å². The maximum atomic E-state index is 12.5. The molecule has 0 saturated carbocycles. The van der Waals surface area contributed by atoms with Crippen LogP contribution in [0.15, 0.2) is 124 Å². The Morgan fingerprint density at radius 2 is 1.22 bits per heavy atom. The number of hydrogen-bond acceptors (Lipinski definition) is 3. The number of fused-ring (bicyclic) bond motifs is 8. The van der Waals surface area contributed by atoms with Gasteiger partial charge in [0.2, 0.25) is 0 Å². The second kappa shape index (κ2) is 7.42. The highest BCUT2D eigenvalue weighted by molar-refractivity contribution is 6.10. The Morgan fingerprint density at radius 3 is 2.05 bits per heavy atom. The molecule has 0 atom stereocenters. The van der Waals surface area contributed by atoms with Crippen LogP contribution < -0.4 is 5.56 Å². The second-order valence-electron chi connectivity index (χ2n) is 9.26. The third kappa shape index (κ3) is 2.85. The average molecular weight is 478 g/mol. The van der Waals surface area contributed by atoms with Crippen molar-refractivity contribution in [3.63, 3.8) is 0 Å². The van der Waals surface area contributed by atoms with Gasteiger partial charge in [0, 0.05) is 16.5 Å². The van der Waals surface area contributed by atoms with Gasteiger partial charge in [0.15, 0.2) is 5.58 Å². The van der Waals surface area contributed by atoms with Crippen molar-refractivity contribution in [1.82, 2.24) is 14.0 Å². The molecule has 5 nitrogen and oxygen atoms in total. The average Bonchev–Trinajstić information content (AvgIpc) is 3.48. The van der Waals surface area contributed by atoms with Gasteiger partial charge in [0.1, 0.15) is 0 Å². The minimum Gasteiger partial charge on any atom is -0.423 e. The summed E-state index contributed by atoms with van der Waals surface area (Å²) in [5.41, 5.74) is 7.69. The first-order valence-electron chi connectivity index (χ1n) is 12.2. The predicted octanol–water partition coefficient (Wildman–Crippen LogP) is 7.36. The first-order valence-corrected chi connectivity index (χ1v) is 12.2. The Labute approximate surface area is 210 Å². The standard InChI is InChI=1S/C32H19N3O2/c36-31-24-11-5-7-13-27(24)35-29-17-15-21(19-30(29)37-32(35)33-31)20-14-16-28-25(18-20)23-10-4-6-12-26(23)34(28)22-8-2-1-3-9-22/h1-19H. The molecule has 0 saturated heterocycles. The van der Waals surface area contributed by atoms with Crippen LogP contribution >= 0.6 is 0 Å². The summed E-state index contributed by atoms with van der Waals surface area (Å²) in [6, 6.07) is 39.2. The van der Waals surface area contributed by atoms with Crippen molar-refractivity contribution in [3.05, 3.63) is 126 Å². The van der Waals surface area contributed by atoms with Crippen molar-refractivity contribution in [2.45, 2.75) is 0 Å². The molecule has 0 amide bonds. The lowest BCUT2D eigenvalue weighted by Gasteiger charge is -2.08. The van der Waals surface area contributed by atoms with E-state index in [0.717, 1.165) is 33.4 Å². The van der Waals surface area contributed by atoms with Gasteiger partial charge in [-0.2, -0.15) is 4.98 Å². The van der Waals surface area contributed by atoms with E-state index in [4.69, 9.17) is 4.42 Å². The van der Waals surface area contributed by atoms with Crippen molar-refractivity contribution in [2.24, 2.45) is 0 Å². The van der Waals surface area contributed by atoms with Crippen LogP contribution in [0.5, 0.6) is 0 Å². The quantitative estimate of drug-likeness (QED) is 0.261. The minimum atomic E-state index is -0.282. The number of aromatic nitrogens is 3. The molecule has 3 aromatic heterocycles. The van der Waals surface area contributed by atoms with E-state index in [1.165, 1.54) is 16.3 Å². The van der Waals surface area contributed by atoms with E-state index in [1.807, 2.05) is 40.8 Å². The summed E-state index contributed by atoms with van der Waals surface area (Å²) >= 11 is 0. The monoisotopic (exact) mass is 477 g/mol. The van der Waals surface area contributed by atoms with E-state index < -0.39 is 0 Å². The van der Waals surface area contributed by atoms with Crippen LogP contribution in [0, 0.1) is 0 Å². The van der Waals surface area contributed by atoms with Gasteiger partial charge < -0.3 is 8.98 Å². The lowest BCUT2D eigenvalue weighted by Crippen LogP contribution is -2.08. The Kier molecular flexibility index (Phi) is 4.03. The van der Waals surface area contributed by atoms with Crippen molar-refractivity contribution < 1.29 is 4.42 Å². The normalized spacial score (nSPS) is 11.9. The predicted molar refractivity (Wildman–Crippen MR) is 149 cm³/mol. The number of benzene rings is 5. The fraction of sp³-hybridized carbons (Fsp3) is 0. The molecule has 8 aromatic rings. The molecule has 0 radical (unpaired) electrons. The number of para-hydroxylation sites is 3. The van der Waals surface area contributed by atoms with Crippen molar-refractivity contribution in [3.8, 4) is 16.8 Å². The summed E-state index contributed by atoms with van der Waals surface area (Å²) in [5, 5.41) is 2.98. The van der Waals surface area contributed by atoms with Gasteiger partial charge in [-0.05, 0) is 65.7 Å². The molecular formula is C32H19N3O2. The van der Waals surface area contributed by atoms with Crippen LogP contribution in [0.4, 0.5) is 0 Å². The maximum absolute atomic E-state index is 12.5. The van der Waals surface area contributed by atoms with Gasteiger partial charge in [0.25, 0.3) is 5.56 Å². The zero-order valence-electron chi connectivity index (χ0n) is 19.6. The highest BCUT2D eigenvalue weighted by Gasteiger charge is 2.15. The maximum Gasteiger partial charge on any atom is 0.310 e. The third-order valence-electron chi connectivity index (χ3n) is 7.19. The molecular weight excluding hydrogens is 458 g/mol. The van der Waals surface area contributed by atoms with E-state index in [1.54, 1.807) is 6.07 Å². The zero-order valence-corrected chi connectivity index (χ0v) is 19.6. The Hall–Kier alpha value is -5.16. The lowest BCUT2D eigenvalue weighted by molar-refractivity contribution is 0.636. The summed E-state index contributed by atoms with van der Waals surface area (Å²) in [7, 11) is 0. The van der Waals surface area contributed by atoms with Gasteiger partial charge in [-0.3, -0.25) is 9.20 Å². The Morgan fingerprint density at radius 1 is 0.568 bits per heavy atom. The first kappa shape index (κ1) is 20.1. The molecule has 0 bridgehead atoms. The molecule has 0 spiro atoms. The van der Waals surface area contributed by atoms with Crippen LogP contribution in [0.25, 0.3) is 66.5 Å². The number of hydrogen-bond donors (Lipinski definition) is 0. The molecule has 37 heavy (non-hydrogen) atoms. The fourth-order valence-electron chi connectivity index (χ4n) is 5.52. The van der Waals surface area contributed by atoms with E-state index in [0.29, 0.717) is 16.8 Å². The smallest absolute Gasteiger partial charge is 0.310 e. The Balaban J connectivity index is 1.36. The molecule has 0 aliphatic heterocycles. The molecule has 3 heterocycles. The van der Waals surface area contributed by atoms with E-state index >= 15 is 0 Å². The molecule has 8 rings (SSSR count). The van der Waals surface area contributed by atoms with Gasteiger partial charge >= 0.3 is 5.84 Å². The highest BCUT2D eigenvalue weighted by Crippen LogP contribution is 2.36. The number of rotatable bonds is 2. The van der Waals surface area contributed by atoms with Crippen molar-refractivity contribution in [2.75, 3.05) is 0 Å². The van der Waals surface area contributed by atoms with Crippen molar-refractivity contribution in [1.29, 1.82) is 0 Å². The molecule has 0 fully saturated rings. The summed E-state index contributed by atoms with van der Waals surface area (Å²) < 4.78 is 10.3. The van der Waals surface area contributed by atoms with Crippen LogP contribution in [0.3, 0.4) is 0 Å². The zero-order chi connectivity index (χ0) is 24.5. The molecule has 0 unspecified atom stereocenters. The van der Waals surface area contributed by atoms with Gasteiger partial charge in [0.05, 0.1) is 27.5 Å². The highest BCUT2D eigenvalue weighted by atomic mass is 16.4. The summed E-state index contributed by atoms with van der Waals surface area (Å²) in [6.45, 7) is 0. The second-order valence-corrected chi connectivity index (χ2v) is 9.26. The Bertz CT molecular complexity index is 2220. The summed E-state index contributed by atoms with van der Waals surface area (Å²) in [6.07, 6.45) is 0. The largest absolute Gasteiger partial charge is 0.423 e. The van der Waals surface area contributed by atoms with Crippen LogP contribution in [0.1, 0.15) is 0 Å². The minimum absolute atomic E-state index is 0.282. The SMILES string of the molecule is O=c1nc2oc3cc(-c4ccc5c(c4)c4ccccc4n5-c4ccccc4)ccc3n2c2ccccc12. The van der Waals surface area contributed by atoms with Gasteiger partial charge in [-0.15, -0.1) is 0 Å². The molecule has 0 N–H and O–H groups in total. The van der Waals surface area contributed by atoms with Crippen LogP contribution in [-0.2, 0) is 0 Å². The van der Waals surface area contributed by atoms with Crippen molar-refractivity contribution >= 4 is 49.7 Å². The molecule has 0 aliphatic carbocycles. The van der Waals surface area contributed by atoms with Crippen LogP contribution in [-0.4, -0.2) is 14.0 Å². The molecule has 5 aromatic carbocycles. The third-order valence-corrected chi connectivity index (χ3v) is 7.19. The number of nitrogens with zero attached hydrogens (tertiary/aromatic N) is 3. The lowest BCUT2D eigenvalue weighted by atomic mass is 10.0. The number of oxazole rings is 1. The van der Waals surface area contributed by atoms with Gasteiger partial charge in [-0.25, -0.2) is 0 Å².